The Morgan fingerprint density at radius 1 is 0.382 bits per heavy atom. The van der Waals surface area contributed by atoms with Crippen LogP contribution >= 0.6 is 16.3 Å². The standard InChI is InChI=1S/C60H92N4P2Si2/c1-39(2)47-35-49(41(5)6)53(50(36-47)42(7)8)65-67(61(57(13,14)15)55(62(67)58(16,17)18)45-31-27-25-28-32-45)68(66-54-51(43(9)10)37-48(40(3)4)38-52(54)44(11)12)63(59(19,20)21)56(64(68)60(22,23)24)46-33-29-26-30-34-46/h25-44H,1-24H3. The van der Waals surface area contributed by atoms with Gasteiger partial charge in [0.1, 0.15) is 0 Å². The first-order valence-electron chi connectivity index (χ1n) is 26.1. The fraction of sp³-hybridized carbons (Fsp3) is 0.567. The SMILES string of the molecule is CC(C)c1cc(C(C)C)c([P-][Si@@]2([Si@]3([P-]c4c(C(C)C)cc(C(C)C)cc4C(C)C)N(C(C)(C)C)C(c4ccccc4)=[N+]3C(C)(C)C)N(C(C)(C)C)C(c3ccccc3)=[N+]2C(C)(C)C)c(C(C)C)c1. The average Bonchev–Trinajstić information content (AvgIpc) is 3.18. The van der Waals surface area contributed by atoms with Crippen LogP contribution in [0.4, 0.5) is 0 Å². The molecule has 6 rings (SSSR count). The van der Waals surface area contributed by atoms with E-state index in [2.05, 4.69) is 269 Å². The van der Waals surface area contributed by atoms with Gasteiger partial charge in [0.25, 0.3) is 11.7 Å². The van der Waals surface area contributed by atoms with Gasteiger partial charge in [-0.2, -0.15) is 10.6 Å². The number of nitrogens with zero attached hydrogens (tertiary/aromatic N) is 4. The Kier molecular flexibility index (Phi) is 15.4. The minimum absolute atomic E-state index is 0.214. The Morgan fingerprint density at radius 2 is 0.632 bits per heavy atom. The third-order valence-electron chi connectivity index (χ3n) is 14.0. The van der Waals surface area contributed by atoms with E-state index in [1.54, 1.807) is 10.6 Å². The zero-order chi connectivity index (χ0) is 51.0. The molecule has 0 fully saturated rings. The van der Waals surface area contributed by atoms with E-state index in [0.717, 1.165) is 0 Å². The zero-order valence-electron chi connectivity index (χ0n) is 47.2. The fourth-order valence-corrected chi connectivity index (χ4v) is 51.5. The molecule has 0 aliphatic carbocycles. The molecule has 0 radical (unpaired) electrons. The molecule has 8 heteroatoms. The summed E-state index contributed by atoms with van der Waals surface area (Å²) >= 11 is 0. The molecule has 68 heavy (non-hydrogen) atoms. The van der Waals surface area contributed by atoms with E-state index in [-0.39, 0.29) is 22.2 Å². The molecule has 2 heterocycles. The van der Waals surface area contributed by atoms with Crippen LogP contribution in [0.3, 0.4) is 0 Å². The number of benzene rings is 4. The summed E-state index contributed by atoms with van der Waals surface area (Å²) in [5, 5.41) is 3.17. The maximum Gasteiger partial charge on any atom is 0.372 e. The van der Waals surface area contributed by atoms with Gasteiger partial charge >= 0.3 is 15.2 Å². The van der Waals surface area contributed by atoms with Crippen LogP contribution < -0.4 is 10.6 Å². The van der Waals surface area contributed by atoms with Crippen molar-refractivity contribution in [3.63, 3.8) is 0 Å². The van der Waals surface area contributed by atoms with Crippen molar-refractivity contribution < 1.29 is 8.48 Å². The summed E-state index contributed by atoms with van der Waals surface area (Å²) < 4.78 is 12.6. The number of hydrogen-bond acceptors (Lipinski definition) is 2. The van der Waals surface area contributed by atoms with Crippen molar-refractivity contribution in [2.75, 3.05) is 0 Å². The van der Waals surface area contributed by atoms with E-state index in [4.69, 9.17) is 0 Å². The van der Waals surface area contributed by atoms with Gasteiger partial charge in [-0.1, -0.05) is 166 Å². The molecule has 0 amide bonds. The predicted molar refractivity (Wildman–Crippen MR) is 306 cm³/mol. The molecule has 2 atom stereocenters. The van der Waals surface area contributed by atoms with Crippen molar-refractivity contribution in [2.45, 2.75) is 224 Å². The maximum atomic E-state index is 3.15. The fourth-order valence-electron chi connectivity index (χ4n) is 11.1. The molecule has 2 aliphatic heterocycles. The van der Waals surface area contributed by atoms with E-state index in [1.807, 2.05) is 0 Å². The van der Waals surface area contributed by atoms with Gasteiger partial charge in [-0.3, -0.25) is 17.6 Å². The molecule has 0 saturated carbocycles. The van der Waals surface area contributed by atoms with Crippen LogP contribution in [0.5, 0.6) is 0 Å². The van der Waals surface area contributed by atoms with Gasteiger partial charge in [0.2, 0.25) is 0 Å². The van der Waals surface area contributed by atoms with Crippen LogP contribution in [-0.2, 0) is 0 Å². The summed E-state index contributed by atoms with van der Waals surface area (Å²) in [6.45, 7) is 59.7. The van der Waals surface area contributed by atoms with Crippen LogP contribution in [0.1, 0.15) is 246 Å². The van der Waals surface area contributed by atoms with Crippen LogP contribution in [-0.4, -0.2) is 66.6 Å². The summed E-state index contributed by atoms with van der Waals surface area (Å²) in [5.41, 5.74) is 10.9. The summed E-state index contributed by atoms with van der Waals surface area (Å²) in [5.74, 6) is 5.17. The third-order valence-corrected chi connectivity index (χ3v) is 43.3. The second kappa shape index (κ2) is 19.3. The molecule has 2 aliphatic rings. The van der Waals surface area contributed by atoms with Crippen LogP contribution in [0.2, 0.25) is 0 Å². The molecule has 4 aromatic carbocycles. The predicted octanol–water partition coefficient (Wildman–Crippen LogP) is 16.0. The second-order valence-corrected chi connectivity index (χ2v) is 43.4. The molecule has 0 saturated heterocycles. The highest BCUT2D eigenvalue weighted by atomic mass is 31.5. The van der Waals surface area contributed by atoms with E-state index in [9.17, 15) is 0 Å². The molecule has 370 valence electrons. The first-order valence-corrected chi connectivity index (χ1v) is 34.4. The van der Waals surface area contributed by atoms with Gasteiger partial charge in [-0.05, 0) is 154 Å². The second-order valence-electron chi connectivity index (χ2n) is 25.9. The van der Waals surface area contributed by atoms with Crippen molar-refractivity contribution in [3.05, 3.63) is 129 Å². The van der Waals surface area contributed by atoms with Crippen molar-refractivity contribution in [1.82, 2.24) is 9.13 Å². The van der Waals surface area contributed by atoms with Crippen molar-refractivity contribution >= 4 is 53.7 Å². The molecule has 0 unspecified atom stereocenters. The van der Waals surface area contributed by atoms with Crippen LogP contribution in [0, 0.1) is 0 Å². The molecule has 4 aromatic rings. The Hall–Kier alpha value is -2.89. The first-order chi connectivity index (χ1) is 31.2. The van der Waals surface area contributed by atoms with Gasteiger partial charge in [-0.25, -0.2) is 0 Å². The molecule has 0 N–H and O–H groups in total. The quantitative estimate of drug-likeness (QED) is 0.0978. The lowest BCUT2D eigenvalue weighted by atomic mass is 9.89. The van der Waals surface area contributed by atoms with Crippen molar-refractivity contribution in [3.8, 4) is 0 Å². The Labute approximate surface area is 422 Å². The molecule has 0 spiro atoms. The summed E-state index contributed by atoms with van der Waals surface area (Å²) in [7, 11) is -3.47. The van der Waals surface area contributed by atoms with E-state index in [0.29, 0.717) is 35.5 Å². The van der Waals surface area contributed by atoms with Gasteiger partial charge in [0, 0.05) is 0 Å². The number of hydrogen-bond donors (Lipinski definition) is 0. The van der Waals surface area contributed by atoms with Gasteiger partial charge in [0.15, 0.2) is 0 Å². The minimum atomic E-state index is -3.22. The highest BCUT2D eigenvalue weighted by Gasteiger charge is 2.84. The summed E-state index contributed by atoms with van der Waals surface area (Å²) in [4.78, 5) is 0. The lowest BCUT2D eigenvalue weighted by Gasteiger charge is -2.74. The largest absolute Gasteiger partial charge is 0.405 e. The highest BCUT2D eigenvalue weighted by molar-refractivity contribution is 8.14. The lowest BCUT2D eigenvalue weighted by Crippen LogP contribution is -3.00. The van der Waals surface area contributed by atoms with Crippen molar-refractivity contribution in [1.29, 1.82) is 0 Å². The molecule has 4 nitrogen and oxygen atoms in total. The monoisotopic (exact) mass is 987 g/mol. The summed E-state index contributed by atoms with van der Waals surface area (Å²) in [6.07, 6.45) is 0. The molecule has 0 bridgehead atoms. The van der Waals surface area contributed by atoms with Crippen molar-refractivity contribution in [2.24, 2.45) is 0 Å². The van der Waals surface area contributed by atoms with E-state index >= 15 is 0 Å². The highest BCUT2D eigenvalue weighted by Crippen LogP contribution is 2.63. The molecular formula is C60H92N4P2Si2. The Morgan fingerprint density at radius 3 is 0.824 bits per heavy atom. The zero-order valence-corrected chi connectivity index (χ0v) is 51.0. The normalized spacial score (nSPS) is 20.1. The maximum absolute atomic E-state index is 3.22. The van der Waals surface area contributed by atoms with Crippen LogP contribution in [0.25, 0.3) is 0 Å². The third kappa shape index (κ3) is 9.50. The van der Waals surface area contributed by atoms with Crippen LogP contribution in [0.15, 0.2) is 84.9 Å². The molecular weight excluding hydrogens is 895 g/mol. The first kappa shape index (κ1) is 54.4. The Bertz CT molecular complexity index is 2290. The Balaban J connectivity index is 2.04. The van der Waals surface area contributed by atoms with Gasteiger partial charge in [-0.15, -0.1) is 0 Å². The topological polar surface area (TPSA) is 12.5 Å². The molecule has 0 aromatic heterocycles. The van der Waals surface area contributed by atoms with E-state index < -0.39 is 15.2 Å². The average molecular weight is 988 g/mol. The van der Waals surface area contributed by atoms with E-state index in [1.165, 1.54) is 72.4 Å². The smallest absolute Gasteiger partial charge is 0.372 e. The summed E-state index contributed by atoms with van der Waals surface area (Å²) in [6, 6.07) is 33.6. The van der Waals surface area contributed by atoms with Gasteiger partial charge < -0.3 is 16.3 Å². The lowest BCUT2D eigenvalue weighted by molar-refractivity contribution is -0.536. The minimum Gasteiger partial charge on any atom is -0.405 e. The number of rotatable bonds is 13. The van der Waals surface area contributed by atoms with Gasteiger partial charge in [0.05, 0.1) is 33.3 Å². The number of amidine groups is 2.